The Morgan fingerprint density at radius 2 is 2.15 bits per heavy atom. The van der Waals surface area contributed by atoms with Gasteiger partial charge in [0.25, 0.3) is 0 Å². The van der Waals surface area contributed by atoms with Gasteiger partial charge in [-0.05, 0) is 18.4 Å². The summed E-state index contributed by atoms with van der Waals surface area (Å²) in [6.07, 6.45) is 5.72. The molecule has 5 heteroatoms. The Bertz CT molecular complexity index is 264. The lowest BCUT2D eigenvalue weighted by Gasteiger charge is -2.24. The van der Waals surface area contributed by atoms with Crippen LogP contribution in [0.25, 0.3) is 0 Å². The van der Waals surface area contributed by atoms with Gasteiger partial charge in [0.1, 0.15) is 5.78 Å². The summed E-state index contributed by atoms with van der Waals surface area (Å²) in [6.45, 7) is 3.91. The van der Waals surface area contributed by atoms with Crippen molar-refractivity contribution < 1.29 is 9.90 Å². The van der Waals surface area contributed by atoms with Gasteiger partial charge in [-0.2, -0.15) is 0 Å². The van der Waals surface area contributed by atoms with Crippen LogP contribution in [0.2, 0.25) is 0 Å². The van der Waals surface area contributed by atoms with E-state index in [1.54, 1.807) is 0 Å². The first-order valence-electron chi connectivity index (χ1n) is 4.03. The van der Waals surface area contributed by atoms with Crippen molar-refractivity contribution in [3.8, 4) is 12.3 Å². The van der Waals surface area contributed by atoms with Gasteiger partial charge in [-0.1, -0.05) is 31.6 Å². The lowest BCUT2D eigenvalue weighted by atomic mass is 10.6. The molecule has 0 heterocycles. The van der Waals surface area contributed by atoms with Crippen LogP contribution in [-0.2, 0) is 11.8 Å². The monoisotopic (exact) mass is 219 g/mol. The molecule has 0 aromatic rings. The average molecular weight is 219 g/mol. The van der Waals surface area contributed by atoms with Gasteiger partial charge in [-0.25, -0.2) is 4.79 Å². The smallest absolute Gasteiger partial charge is 0.405 e. The van der Waals surface area contributed by atoms with Crippen molar-refractivity contribution >= 4 is 23.9 Å². The maximum absolute atomic E-state index is 10.4. The highest BCUT2D eigenvalue weighted by molar-refractivity contribution is 8.15. The lowest BCUT2D eigenvalue weighted by molar-refractivity contribution is 0.195. The van der Waals surface area contributed by atoms with Crippen molar-refractivity contribution in [2.45, 2.75) is 19.6 Å². The van der Waals surface area contributed by atoms with Crippen LogP contribution in [0, 0.1) is 12.3 Å². The zero-order valence-corrected chi connectivity index (χ0v) is 9.49. The molecule has 0 spiro atoms. The Morgan fingerprint density at radius 1 is 1.69 bits per heavy atom. The van der Waals surface area contributed by atoms with E-state index in [0.29, 0.717) is 0 Å². The fourth-order valence-electron chi connectivity index (χ4n) is 1.00. The highest BCUT2D eigenvalue weighted by atomic mass is 32.4. The molecule has 0 radical (unpaired) electrons. The molecular formula is C8H14NO2PS. The van der Waals surface area contributed by atoms with Crippen LogP contribution in [-0.4, -0.2) is 29.3 Å². The fraction of sp³-hybridized carbons (Fsp3) is 0.625. The largest absolute Gasteiger partial charge is 0.465 e. The quantitative estimate of drug-likeness (QED) is 0.559. The van der Waals surface area contributed by atoms with E-state index in [9.17, 15) is 4.79 Å². The van der Waals surface area contributed by atoms with Gasteiger partial charge in [0.05, 0.1) is 0 Å². The summed E-state index contributed by atoms with van der Waals surface area (Å²) in [7, 11) is 0. The number of carboxylic acid groups (broad SMARTS) is 1. The summed E-state index contributed by atoms with van der Waals surface area (Å²) in [6, 6.07) is -1.74. The number of hydrogen-bond acceptors (Lipinski definition) is 2. The van der Waals surface area contributed by atoms with E-state index in [0.717, 1.165) is 12.3 Å². The fourth-order valence-corrected chi connectivity index (χ4v) is 3.14. The summed E-state index contributed by atoms with van der Waals surface area (Å²) in [5.74, 6) is 1.95. The van der Waals surface area contributed by atoms with Gasteiger partial charge in [-0.15, -0.1) is 6.42 Å². The van der Waals surface area contributed by atoms with Crippen molar-refractivity contribution in [3.63, 3.8) is 0 Å². The van der Waals surface area contributed by atoms with Gasteiger partial charge in [0.2, 0.25) is 0 Å². The van der Waals surface area contributed by atoms with Crippen molar-refractivity contribution in [1.29, 1.82) is 0 Å². The predicted molar refractivity (Wildman–Crippen MR) is 59.1 cm³/mol. The van der Waals surface area contributed by atoms with E-state index in [-0.39, 0.29) is 0 Å². The zero-order valence-electron chi connectivity index (χ0n) is 7.78. The van der Waals surface area contributed by atoms with E-state index < -0.39 is 17.9 Å². The summed E-state index contributed by atoms with van der Waals surface area (Å²) in [5.41, 5.74) is 0. The second kappa shape index (κ2) is 5.26. The predicted octanol–water partition coefficient (Wildman–Crippen LogP) is 1.73. The molecular weight excluding hydrogens is 205 g/mol. The molecule has 1 amide bonds. The molecule has 2 N–H and O–H groups in total. The molecule has 0 rings (SSSR count). The zero-order chi connectivity index (χ0) is 10.5. The first-order valence-corrected chi connectivity index (χ1v) is 7.27. The molecule has 0 aliphatic rings. The van der Waals surface area contributed by atoms with E-state index in [1.807, 2.05) is 13.8 Å². The molecule has 13 heavy (non-hydrogen) atoms. The molecule has 0 bridgehead atoms. The molecule has 0 fully saturated rings. The highest BCUT2D eigenvalue weighted by Gasteiger charge is 2.24. The highest BCUT2D eigenvalue weighted by Crippen LogP contribution is 2.48. The minimum Gasteiger partial charge on any atom is -0.465 e. The molecule has 1 unspecified atom stereocenters. The van der Waals surface area contributed by atoms with Crippen molar-refractivity contribution in [1.82, 2.24) is 5.32 Å². The number of nitrogens with one attached hydrogen (secondary N) is 1. The summed E-state index contributed by atoms with van der Waals surface area (Å²) < 4.78 is 0. The number of hydrogen-bond donors (Lipinski definition) is 2. The van der Waals surface area contributed by atoms with Gasteiger partial charge in [0, 0.05) is 0 Å². The minimum absolute atomic E-state index is 0.477. The average Bonchev–Trinajstić information content (AvgIpc) is 2.12. The first kappa shape index (κ1) is 12.5. The van der Waals surface area contributed by atoms with Crippen molar-refractivity contribution in [3.05, 3.63) is 0 Å². The Hall–Kier alpha value is -0.520. The van der Waals surface area contributed by atoms with Gasteiger partial charge >= 0.3 is 6.09 Å². The van der Waals surface area contributed by atoms with Gasteiger partial charge in [0.15, 0.2) is 0 Å². The Labute approximate surface area is 83.9 Å². The van der Waals surface area contributed by atoms with E-state index in [4.69, 9.17) is 23.3 Å². The summed E-state index contributed by atoms with van der Waals surface area (Å²) >= 11 is 5.39. The van der Waals surface area contributed by atoms with Gasteiger partial charge in [-0.3, -0.25) is 0 Å². The summed E-state index contributed by atoms with van der Waals surface area (Å²) in [5, 5.41) is 10.8. The van der Waals surface area contributed by atoms with Crippen LogP contribution >= 0.6 is 6.04 Å². The molecule has 0 aliphatic heterocycles. The molecule has 0 aromatic heterocycles. The molecule has 0 saturated heterocycles. The Balaban J connectivity index is 4.66. The first-order chi connectivity index (χ1) is 6.00. The Morgan fingerprint density at radius 3 is 2.38 bits per heavy atom. The Kier molecular flexibility index (Phi) is 5.05. The number of terminal acetylenes is 1. The van der Waals surface area contributed by atoms with Crippen LogP contribution in [0.3, 0.4) is 0 Å². The number of rotatable bonds is 4. The molecule has 0 saturated carbocycles. The second-order valence-electron chi connectivity index (χ2n) is 2.60. The van der Waals surface area contributed by atoms with Gasteiger partial charge < -0.3 is 10.4 Å². The van der Waals surface area contributed by atoms with E-state index in [1.165, 1.54) is 0 Å². The third kappa shape index (κ3) is 3.38. The summed E-state index contributed by atoms with van der Waals surface area (Å²) in [4.78, 5) is 10.4. The van der Waals surface area contributed by atoms with Crippen LogP contribution in [0.15, 0.2) is 0 Å². The second-order valence-corrected chi connectivity index (χ2v) is 8.47. The van der Waals surface area contributed by atoms with E-state index in [2.05, 4.69) is 11.2 Å². The van der Waals surface area contributed by atoms with Crippen LogP contribution in [0.5, 0.6) is 0 Å². The normalized spacial score (nSPS) is 13.0. The minimum atomic E-state index is -1.74. The molecule has 0 aliphatic carbocycles. The lowest BCUT2D eigenvalue weighted by Crippen LogP contribution is -2.33. The standard InChI is InChI=1S/C8H14NO2PS/c1-4-7(9-8(10)11)12(13,5-2)6-3/h1,7,9H,5-6H2,2-3H3,(H,10,11). The topological polar surface area (TPSA) is 49.3 Å². The molecule has 74 valence electrons. The third-order valence-electron chi connectivity index (χ3n) is 1.96. The van der Waals surface area contributed by atoms with Crippen molar-refractivity contribution in [2.24, 2.45) is 0 Å². The van der Waals surface area contributed by atoms with E-state index >= 15 is 0 Å². The third-order valence-corrected chi connectivity index (χ3v) is 7.50. The van der Waals surface area contributed by atoms with Crippen LogP contribution in [0.1, 0.15) is 13.8 Å². The number of carbonyl (C=O) groups is 1. The number of amides is 1. The maximum Gasteiger partial charge on any atom is 0.405 e. The molecule has 3 nitrogen and oxygen atoms in total. The van der Waals surface area contributed by atoms with Crippen LogP contribution in [0.4, 0.5) is 4.79 Å². The molecule has 0 aromatic carbocycles. The molecule has 1 atom stereocenters. The SMILES string of the molecule is C#CC(NC(=O)O)P(=S)(CC)CC. The van der Waals surface area contributed by atoms with Crippen LogP contribution < -0.4 is 5.32 Å². The maximum atomic E-state index is 10.4. The van der Waals surface area contributed by atoms with Crippen molar-refractivity contribution in [2.75, 3.05) is 12.3 Å².